The van der Waals surface area contributed by atoms with Gasteiger partial charge in [0.1, 0.15) is 0 Å². The second-order valence-corrected chi connectivity index (χ2v) is 7.28. The van der Waals surface area contributed by atoms with Gasteiger partial charge in [-0.25, -0.2) is 0 Å². The summed E-state index contributed by atoms with van der Waals surface area (Å²) in [6.45, 7) is 2.42. The minimum absolute atomic E-state index is 0.752. The minimum Gasteiger partial charge on any atom is -0.311 e. The molecule has 2 heteroatoms. The van der Waals surface area contributed by atoms with Gasteiger partial charge in [0.2, 0.25) is 0 Å². The lowest BCUT2D eigenvalue weighted by atomic mass is 9.74. The summed E-state index contributed by atoms with van der Waals surface area (Å²) < 4.78 is 1.28. The van der Waals surface area contributed by atoms with Crippen LogP contribution in [0, 0.1) is 5.92 Å². The van der Waals surface area contributed by atoms with Crippen molar-refractivity contribution >= 4 is 15.9 Å². The Morgan fingerprint density at radius 3 is 2.58 bits per heavy atom. The van der Waals surface area contributed by atoms with Crippen LogP contribution in [0.15, 0.2) is 28.7 Å². The Morgan fingerprint density at radius 1 is 1.11 bits per heavy atom. The molecule has 3 rings (SSSR count). The molecule has 2 atom stereocenters. The summed E-state index contributed by atoms with van der Waals surface area (Å²) in [6, 6.07) is 10.2. The number of nitrogens with one attached hydrogen (secondary N) is 1. The maximum absolute atomic E-state index is 3.91. The van der Waals surface area contributed by atoms with Crippen LogP contribution in [0.2, 0.25) is 0 Å². The van der Waals surface area contributed by atoms with Crippen molar-refractivity contribution in [2.24, 2.45) is 5.92 Å². The van der Waals surface area contributed by atoms with Gasteiger partial charge in [-0.1, -0.05) is 53.9 Å². The zero-order valence-corrected chi connectivity index (χ0v) is 13.3. The molecule has 2 fully saturated rings. The van der Waals surface area contributed by atoms with Gasteiger partial charge in [0, 0.05) is 16.6 Å². The van der Waals surface area contributed by atoms with Crippen molar-refractivity contribution in [3.05, 3.63) is 34.3 Å². The average molecular weight is 322 g/mol. The van der Waals surface area contributed by atoms with E-state index >= 15 is 0 Å². The van der Waals surface area contributed by atoms with Gasteiger partial charge in [0.25, 0.3) is 0 Å². The van der Waals surface area contributed by atoms with Gasteiger partial charge in [0.15, 0.2) is 0 Å². The molecule has 1 aromatic carbocycles. The first-order valence-electron chi connectivity index (χ1n) is 7.74. The molecule has 0 spiro atoms. The molecule has 2 unspecified atom stereocenters. The maximum Gasteiger partial charge on any atom is 0.0210 e. The Morgan fingerprint density at radius 2 is 1.84 bits per heavy atom. The Balaban J connectivity index is 1.51. The summed E-state index contributed by atoms with van der Waals surface area (Å²) in [6.07, 6.45) is 8.28. The highest BCUT2D eigenvalue weighted by atomic mass is 79.9. The first kappa shape index (κ1) is 13.6. The molecule has 0 amide bonds. The Labute approximate surface area is 125 Å². The van der Waals surface area contributed by atoms with Crippen LogP contribution in [-0.2, 0) is 0 Å². The van der Waals surface area contributed by atoms with E-state index in [0.29, 0.717) is 0 Å². The second-order valence-electron chi connectivity index (χ2n) is 6.42. The van der Waals surface area contributed by atoms with Crippen molar-refractivity contribution in [2.45, 2.75) is 63.5 Å². The first-order valence-corrected chi connectivity index (χ1v) is 8.54. The Bertz CT molecular complexity index is 425. The van der Waals surface area contributed by atoms with Gasteiger partial charge < -0.3 is 5.32 Å². The molecule has 0 aliphatic heterocycles. The third kappa shape index (κ3) is 3.05. The van der Waals surface area contributed by atoms with E-state index in [-0.39, 0.29) is 0 Å². The standard InChI is InChI=1S/C17H24BrN/c1-12-6-2-5-9-17(12)19-14-10-13(11-14)15-7-3-4-8-16(15)18/h3-4,7-8,12-14,17,19H,2,5-6,9-11H2,1H3. The summed E-state index contributed by atoms with van der Waals surface area (Å²) >= 11 is 3.68. The molecule has 104 valence electrons. The molecular formula is C17H24BrN. The van der Waals surface area contributed by atoms with E-state index < -0.39 is 0 Å². The number of benzene rings is 1. The zero-order valence-electron chi connectivity index (χ0n) is 11.7. The van der Waals surface area contributed by atoms with Crippen LogP contribution < -0.4 is 5.32 Å². The van der Waals surface area contributed by atoms with Crippen LogP contribution >= 0.6 is 15.9 Å². The van der Waals surface area contributed by atoms with Gasteiger partial charge >= 0.3 is 0 Å². The zero-order chi connectivity index (χ0) is 13.2. The highest BCUT2D eigenvalue weighted by Crippen LogP contribution is 2.40. The van der Waals surface area contributed by atoms with Crippen molar-refractivity contribution in [3.8, 4) is 0 Å². The molecule has 0 radical (unpaired) electrons. The van der Waals surface area contributed by atoms with E-state index in [1.165, 1.54) is 48.6 Å². The van der Waals surface area contributed by atoms with Crippen molar-refractivity contribution in [1.82, 2.24) is 5.32 Å². The van der Waals surface area contributed by atoms with Gasteiger partial charge in [-0.05, 0) is 49.1 Å². The lowest BCUT2D eigenvalue weighted by Crippen LogP contribution is -2.48. The van der Waals surface area contributed by atoms with E-state index in [4.69, 9.17) is 0 Å². The molecule has 19 heavy (non-hydrogen) atoms. The first-order chi connectivity index (χ1) is 9.24. The smallest absolute Gasteiger partial charge is 0.0210 e. The van der Waals surface area contributed by atoms with Crippen LogP contribution in [0.5, 0.6) is 0 Å². The van der Waals surface area contributed by atoms with Crippen molar-refractivity contribution in [3.63, 3.8) is 0 Å². The molecule has 2 aliphatic carbocycles. The number of hydrogen-bond donors (Lipinski definition) is 1. The normalized spacial score (nSPS) is 34.8. The predicted octanol–water partition coefficient (Wildman–Crippen LogP) is 4.86. The summed E-state index contributed by atoms with van der Waals surface area (Å²) in [5, 5.41) is 3.91. The van der Waals surface area contributed by atoms with Gasteiger partial charge in [-0.15, -0.1) is 0 Å². The summed E-state index contributed by atoms with van der Waals surface area (Å²) in [5.74, 6) is 1.63. The fourth-order valence-electron chi connectivity index (χ4n) is 3.68. The largest absolute Gasteiger partial charge is 0.311 e. The third-order valence-corrected chi connectivity index (χ3v) is 5.77. The lowest BCUT2D eigenvalue weighted by molar-refractivity contribution is 0.201. The summed E-state index contributed by atoms with van der Waals surface area (Å²) in [7, 11) is 0. The fraction of sp³-hybridized carbons (Fsp3) is 0.647. The quantitative estimate of drug-likeness (QED) is 0.838. The van der Waals surface area contributed by atoms with E-state index in [0.717, 1.165) is 23.9 Å². The van der Waals surface area contributed by atoms with Crippen molar-refractivity contribution in [2.75, 3.05) is 0 Å². The Kier molecular flexibility index (Phi) is 4.28. The third-order valence-electron chi connectivity index (χ3n) is 5.04. The average Bonchev–Trinajstić information content (AvgIpc) is 2.37. The molecule has 0 heterocycles. The monoisotopic (exact) mass is 321 g/mol. The molecule has 1 nitrogen and oxygen atoms in total. The lowest BCUT2D eigenvalue weighted by Gasteiger charge is -2.41. The molecule has 2 aliphatic rings. The minimum atomic E-state index is 0.752. The van der Waals surface area contributed by atoms with Crippen molar-refractivity contribution < 1.29 is 0 Å². The van der Waals surface area contributed by atoms with Crippen molar-refractivity contribution in [1.29, 1.82) is 0 Å². The topological polar surface area (TPSA) is 12.0 Å². The predicted molar refractivity (Wildman–Crippen MR) is 84.5 cm³/mol. The van der Waals surface area contributed by atoms with E-state index in [1.807, 2.05) is 0 Å². The van der Waals surface area contributed by atoms with E-state index in [2.05, 4.69) is 52.4 Å². The molecule has 0 bridgehead atoms. The van der Waals surface area contributed by atoms with E-state index in [1.54, 1.807) is 0 Å². The van der Waals surface area contributed by atoms with Crippen LogP contribution in [0.4, 0.5) is 0 Å². The van der Waals surface area contributed by atoms with Crippen LogP contribution in [0.1, 0.15) is 56.9 Å². The number of halogens is 1. The number of rotatable bonds is 3. The molecule has 1 aromatic rings. The van der Waals surface area contributed by atoms with Gasteiger partial charge in [-0.2, -0.15) is 0 Å². The second kappa shape index (κ2) is 5.97. The van der Waals surface area contributed by atoms with Crippen LogP contribution in [0.3, 0.4) is 0 Å². The van der Waals surface area contributed by atoms with Gasteiger partial charge in [-0.3, -0.25) is 0 Å². The fourth-order valence-corrected chi connectivity index (χ4v) is 4.29. The van der Waals surface area contributed by atoms with E-state index in [9.17, 15) is 0 Å². The van der Waals surface area contributed by atoms with Crippen LogP contribution in [-0.4, -0.2) is 12.1 Å². The summed E-state index contributed by atoms with van der Waals surface area (Å²) in [5.41, 5.74) is 1.50. The highest BCUT2D eigenvalue weighted by Gasteiger charge is 2.34. The molecular weight excluding hydrogens is 298 g/mol. The Hall–Kier alpha value is -0.340. The molecule has 0 saturated heterocycles. The van der Waals surface area contributed by atoms with Crippen LogP contribution in [0.25, 0.3) is 0 Å². The molecule has 2 saturated carbocycles. The molecule has 1 N–H and O–H groups in total. The maximum atomic E-state index is 3.91. The highest BCUT2D eigenvalue weighted by molar-refractivity contribution is 9.10. The number of hydrogen-bond acceptors (Lipinski definition) is 1. The van der Waals surface area contributed by atoms with Gasteiger partial charge in [0.05, 0.1) is 0 Å². The summed E-state index contributed by atoms with van der Waals surface area (Å²) in [4.78, 5) is 0. The SMILES string of the molecule is CC1CCCCC1NC1CC(c2ccccc2Br)C1. The molecule has 0 aromatic heterocycles.